The van der Waals surface area contributed by atoms with E-state index in [0.717, 1.165) is 38.9 Å². The van der Waals surface area contributed by atoms with Crippen LogP contribution in [0.15, 0.2) is 30.3 Å². The number of hydrogen-bond acceptors (Lipinski definition) is 3. The van der Waals surface area contributed by atoms with Crippen molar-refractivity contribution in [3.8, 4) is 0 Å². The van der Waals surface area contributed by atoms with Gasteiger partial charge in [-0.15, -0.1) is 24.8 Å². The van der Waals surface area contributed by atoms with Crippen LogP contribution >= 0.6 is 24.8 Å². The van der Waals surface area contributed by atoms with Gasteiger partial charge in [-0.05, 0) is 31.4 Å². The number of benzene rings is 1. The Bertz CT molecular complexity index is 664. The number of piperidine rings is 1. The summed E-state index contributed by atoms with van der Waals surface area (Å²) in [5, 5.41) is 2.70. The van der Waals surface area contributed by atoms with E-state index >= 15 is 0 Å². The van der Waals surface area contributed by atoms with E-state index < -0.39 is 12.0 Å². The van der Waals surface area contributed by atoms with E-state index in [9.17, 15) is 13.6 Å². The summed E-state index contributed by atoms with van der Waals surface area (Å²) in [5.74, 6) is -2.89. The Labute approximate surface area is 177 Å². The van der Waals surface area contributed by atoms with E-state index in [1.165, 1.54) is 5.56 Å². The van der Waals surface area contributed by atoms with E-state index in [0.29, 0.717) is 13.1 Å². The first kappa shape index (κ1) is 23.3. The maximum atomic E-state index is 13.4. The molecule has 1 N–H and O–H groups in total. The fourth-order valence-corrected chi connectivity index (χ4v) is 4.85. The van der Waals surface area contributed by atoms with Gasteiger partial charge in [0.25, 0.3) is 5.92 Å². The molecule has 3 fully saturated rings. The van der Waals surface area contributed by atoms with Gasteiger partial charge < -0.3 is 4.90 Å². The molecule has 158 valence electrons. The maximum Gasteiger partial charge on any atom is 0.262 e. The molecule has 1 aromatic rings. The lowest BCUT2D eigenvalue weighted by molar-refractivity contribution is -0.133. The molecule has 0 aromatic heterocycles. The quantitative estimate of drug-likeness (QED) is 0.790. The second-order valence-electron chi connectivity index (χ2n) is 8.30. The van der Waals surface area contributed by atoms with Gasteiger partial charge in [-0.1, -0.05) is 30.3 Å². The monoisotopic (exact) mass is 435 g/mol. The summed E-state index contributed by atoms with van der Waals surface area (Å²) in [6.07, 6.45) is 2.87. The standard InChI is InChI=1S/C20H27F2N3O.2ClH/c21-20(22)11-17(23-13-20)18(26)25-10-8-19(15-25)7-4-9-24(14-19)12-16-5-2-1-3-6-16;;/h1-3,5-6,17,23H,4,7-15H2;2*1H. The summed E-state index contributed by atoms with van der Waals surface area (Å²) in [6.45, 7) is 4.03. The molecule has 4 rings (SSSR count). The van der Waals surface area contributed by atoms with Crippen molar-refractivity contribution in [2.24, 2.45) is 5.41 Å². The van der Waals surface area contributed by atoms with E-state index in [-0.39, 0.29) is 49.1 Å². The summed E-state index contributed by atoms with van der Waals surface area (Å²) in [5.41, 5.74) is 1.44. The van der Waals surface area contributed by atoms with E-state index in [1.807, 2.05) is 11.0 Å². The Kier molecular flexibility index (Phi) is 7.70. The molecule has 0 radical (unpaired) electrons. The highest BCUT2D eigenvalue weighted by molar-refractivity contribution is 5.85. The van der Waals surface area contributed by atoms with Crippen LogP contribution in [0.3, 0.4) is 0 Å². The number of hydrogen-bond donors (Lipinski definition) is 1. The molecule has 3 saturated heterocycles. The Balaban J connectivity index is 0.00000140. The number of nitrogens with one attached hydrogen (secondary N) is 1. The Hall–Kier alpha value is -0.950. The van der Waals surface area contributed by atoms with Crippen molar-refractivity contribution in [2.75, 3.05) is 32.7 Å². The third-order valence-corrected chi connectivity index (χ3v) is 6.15. The van der Waals surface area contributed by atoms with Crippen LogP contribution in [0, 0.1) is 5.41 Å². The lowest BCUT2D eigenvalue weighted by atomic mass is 9.79. The topological polar surface area (TPSA) is 35.6 Å². The summed E-state index contributed by atoms with van der Waals surface area (Å²) in [7, 11) is 0. The number of halogens is 4. The minimum Gasteiger partial charge on any atom is -0.341 e. The van der Waals surface area contributed by atoms with Crippen molar-refractivity contribution in [3.05, 3.63) is 35.9 Å². The molecule has 28 heavy (non-hydrogen) atoms. The fourth-order valence-electron chi connectivity index (χ4n) is 4.85. The second kappa shape index (κ2) is 9.24. The van der Waals surface area contributed by atoms with Gasteiger partial charge in [0.15, 0.2) is 0 Å². The van der Waals surface area contributed by atoms with Gasteiger partial charge in [0.1, 0.15) is 0 Å². The van der Waals surface area contributed by atoms with Crippen molar-refractivity contribution in [2.45, 2.75) is 44.2 Å². The second-order valence-corrected chi connectivity index (χ2v) is 8.30. The third-order valence-electron chi connectivity index (χ3n) is 6.15. The fraction of sp³-hybridized carbons (Fsp3) is 0.650. The number of rotatable bonds is 3. The molecule has 4 nitrogen and oxygen atoms in total. The van der Waals surface area contributed by atoms with E-state index in [1.54, 1.807) is 0 Å². The largest absolute Gasteiger partial charge is 0.341 e. The lowest BCUT2D eigenvalue weighted by Crippen LogP contribution is -2.47. The van der Waals surface area contributed by atoms with E-state index in [2.05, 4.69) is 34.5 Å². The van der Waals surface area contributed by atoms with Crippen LogP contribution in [0.1, 0.15) is 31.2 Å². The predicted octanol–water partition coefficient (Wildman–Crippen LogP) is 3.34. The molecule has 3 aliphatic heterocycles. The summed E-state index contributed by atoms with van der Waals surface area (Å²) in [4.78, 5) is 17.0. The van der Waals surface area contributed by atoms with Gasteiger partial charge in [-0.3, -0.25) is 15.0 Å². The van der Waals surface area contributed by atoms with Gasteiger partial charge >= 0.3 is 0 Å². The molecular formula is C20H29Cl2F2N3O. The zero-order valence-electron chi connectivity index (χ0n) is 15.9. The summed E-state index contributed by atoms with van der Waals surface area (Å²) < 4.78 is 26.8. The van der Waals surface area contributed by atoms with Crippen LogP contribution < -0.4 is 5.32 Å². The molecule has 1 spiro atoms. The minimum atomic E-state index is -2.75. The number of alkyl halides is 2. The molecular weight excluding hydrogens is 407 g/mol. The molecule has 0 saturated carbocycles. The van der Waals surface area contributed by atoms with Crippen LogP contribution in [0.2, 0.25) is 0 Å². The highest BCUT2D eigenvalue weighted by Gasteiger charge is 2.47. The van der Waals surface area contributed by atoms with Crippen LogP contribution in [0.5, 0.6) is 0 Å². The van der Waals surface area contributed by atoms with Crippen LogP contribution in [-0.2, 0) is 11.3 Å². The van der Waals surface area contributed by atoms with Crippen LogP contribution in [0.4, 0.5) is 8.78 Å². The van der Waals surface area contributed by atoms with Gasteiger partial charge in [0.2, 0.25) is 5.91 Å². The van der Waals surface area contributed by atoms with Crippen LogP contribution in [-0.4, -0.2) is 60.4 Å². The first-order valence-electron chi connectivity index (χ1n) is 9.61. The molecule has 0 aliphatic carbocycles. The normalized spacial score (nSPS) is 29.4. The number of carbonyl (C=O) groups excluding carboxylic acids is 1. The zero-order valence-corrected chi connectivity index (χ0v) is 17.5. The first-order valence-corrected chi connectivity index (χ1v) is 9.61. The first-order chi connectivity index (χ1) is 12.4. The van der Waals surface area contributed by atoms with Gasteiger partial charge in [-0.25, -0.2) is 8.78 Å². The third kappa shape index (κ3) is 5.15. The highest BCUT2D eigenvalue weighted by Crippen LogP contribution is 2.40. The molecule has 3 heterocycles. The average Bonchev–Trinajstić information content (AvgIpc) is 3.19. The molecule has 3 aliphatic rings. The zero-order chi connectivity index (χ0) is 18.2. The molecule has 2 unspecified atom stereocenters. The van der Waals surface area contributed by atoms with Crippen molar-refractivity contribution < 1.29 is 13.6 Å². The molecule has 1 amide bonds. The summed E-state index contributed by atoms with van der Waals surface area (Å²) >= 11 is 0. The SMILES string of the molecule is Cl.Cl.O=C(C1CC(F)(F)CN1)N1CCC2(CCCN(Cc3ccccc3)C2)C1. The van der Waals surface area contributed by atoms with Gasteiger partial charge in [0.05, 0.1) is 12.6 Å². The minimum absolute atomic E-state index is 0. The van der Waals surface area contributed by atoms with Crippen molar-refractivity contribution >= 4 is 30.7 Å². The lowest BCUT2D eigenvalue weighted by Gasteiger charge is -2.40. The molecule has 1 aromatic carbocycles. The number of likely N-dealkylation sites (tertiary alicyclic amines) is 2. The van der Waals surface area contributed by atoms with Crippen LogP contribution in [0.25, 0.3) is 0 Å². The highest BCUT2D eigenvalue weighted by atomic mass is 35.5. The Morgan fingerprint density at radius 1 is 1.11 bits per heavy atom. The van der Waals surface area contributed by atoms with Crippen molar-refractivity contribution in [3.63, 3.8) is 0 Å². The van der Waals surface area contributed by atoms with Crippen molar-refractivity contribution in [1.29, 1.82) is 0 Å². The summed E-state index contributed by atoms with van der Waals surface area (Å²) in [6, 6.07) is 9.74. The van der Waals surface area contributed by atoms with Gasteiger partial charge in [0, 0.05) is 38.0 Å². The Morgan fingerprint density at radius 3 is 2.54 bits per heavy atom. The van der Waals surface area contributed by atoms with Crippen molar-refractivity contribution in [1.82, 2.24) is 15.1 Å². The number of nitrogens with zero attached hydrogens (tertiary/aromatic N) is 2. The maximum absolute atomic E-state index is 13.4. The predicted molar refractivity (Wildman–Crippen MR) is 110 cm³/mol. The number of carbonyl (C=O) groups is 1. The molecule has 0 bridgehead atoms. The van der Waals surface area contributed by atoms with E-state index in [4.69, 9.17) is 0 Å². The average molecular weight is 436 g/mol. The molecule has 2 atom stereocenters. The Morgan fingerprint density at radius 2 is 1.86 bits per heavy atom. The number of amides is 1. The smallest absolute Gasteiger partial charge is 0.262 e. The molecule has 8 heteroatoms. The van der Waals surface area contributed by atoms with Gasteiger partial charge in [-0.2, -0.15) is 0 Å².